The van der Waals surface area contributed by atoms with Crippen LogP contribution >= 0.6 is 11.3 Å². The molecule has 0 aliphatic carbocycles. The molecule has 1 N–H and O–H groups in total. The summed E-state index contributed by atoms with van der Waals surface area (Å²) in [6, 6.07) is 24.3. The van der Waals surface area contributed by atoms with Crippen molar-refractivity contribution in [3.8, 4) is 11.3 Å². The van der Waals surface area contributed by atoms with Gasteiger partial charge in [-0.25, -0.2) is 4.98 Å². The summed E-state index contributed by atoms with van der Waals surface area (Å²) in [5.74, 6) is -0.141. The fraction of sp³-hybridized carbons (Fsp3) is 0.120. The number of carbonyl (C=O) groups is 1. The van der Waals surface area contributed by atoms with Crippen LogP contribution in [0, 0.1) is 13.8 Å². The molecule has 0 aliphatic heterocycles. The molecule has 0 fully saturated rings. The number of anilines is 1. The lowest BCUT2D eigenvalue weighted by molar-refractivity contribution is 0.102. The molecule has 1 aromatic heterocycles. The molecule has 0 saturated carbocycles. The van der Waals surface area contributed by atoms with Crippen LogP contribution in [-0.2, 0) is 6.42 Å². The Bertz CT molecular complexity index is 1130. The van der Waals surface area contributed by atoms with Gasteiger partial charge in [0.2, 0.25) is 0 Å². The molecule has 0 atom stereocenters. The topological polar surface area (TPSA) is 42.0 Å². The maximum Gasteiger partial charge on any atom is 0.257 e. The molecule has 29 heavy (non-hydrogen) atoms. The zero-order valence-corrected chi connectivity index (χ0v) is 17.3. The van der Waals surface area contributed by atoms with E-state index in [1.807, 2.05) is 47.8 Å². The number of thiazole rings is 1. The van der Waals surface area contributed by atoms with Crippen LogP contribution in [-0.4, -0.2) is 10.9 Å². The first kappa shape index (κ1) is 19.1. The summed E-state index contributed by atoms with van der Waals surface area (Å²) < 4.78 is 0. The number of hydrogen-bond donors (Lipinski definition) is 1. The van der Waals surface area contributed by atoms with Crippen molar-refractivity contribution in [1.29, 1.82) is 0 Å². The summed E-state index contributed by atoms with van der Waals surface area (Å²) in [6.45, 7) is 4.19. The van der Waals surface area contributed by atoms with Crippen molar-refractivity contribution in [3.63, 3.8) is 0 Å². The Hall–Kier alpha value is -3.24. The second-order valence-electron chi connectivity index (χ2n) is 7.15. The highest BCUT2D eigenvalue weighted by molar-refractivity contribution is 7.14. The predicted molar refractivity (Wildman–Crippen MR) is 121 cm³/mol. The monoisotopic (exact) mass is 398 g/mol. The normalized spacial score (nSPS) is 10.7. The molecule has 0 bridgehead atoms. The summed E-state index contributed by atoms with van der Waals surface area (Å²) >= 11 is 1.44. The molecule has 144 valence electrons. The van der Waals surface area contributed by atoms with E-state index < -0.39 is 0 Å². The molecule has 1 amide bonds. The van der Waals surface area contributed by atoms with Crippen LogP contribution in [0.2, 0.25) is 0 Å². The molecule has 0 unspecified atom stereocenters. The number of hydrogen-bond acceptors (Lipinski definition) is 3. The number of rotatable bonds is 5. The van der Waals surface area contributed by atoms with Gasteiger partial charge in [0.25, 0.3) is 5.91 Å². The van der Waals surface area contributed by atoms with Gasteiger partial charge in [-0.1, -0.05) is 54.6 Å². The first-order valence-corrected chi connectivity index (χ1v) is 10.4. The van der Waals surface area contributed by atoms with Crippen molar-refractivity contribution in [1.82, 2.24) is 4.98 Å². The van der Waals surface area contributed by atoms with E-state index >= 15 is 0 Å². The first-order chi connectivity index (χ1) is 14.1. The first-order valence-electron chi connectivity index (χ1n) is 9.56. The standard InChI is InChI=1S/C25H22N2OS/c1-17-8-11-22(14-18(17)2)23-16-29-25(26-23)27-24(28)21-12-9-20(10-13-21)15-19-6-4-3-5-7-19/h3-14,16H,15H2,1-2H3,(H,26,27,28). The number of carbonyl (C=O) groups excluding carboxylic acids is 1. The fourth-order valence-corrected chi connectivity index (χ4v) is 3.85. The quantitative estimate of drug-likeness (QED) is 0.430. The van der Waals surface area contributed by atoms with E-state index in [9.17, 15) is 4.79 Å². The fourth-order valence-electron chi connectivity index (χ4n) is 3.14. The third-order valence-electron chi connectivity index (χ3n) is 4.99. The average molecular weight is 399 g/mol. The number of nitrogens with one attached hydrogen (secondary N) is 1. The highest BCUT2D eigenvalue weighted by Gasteiger charge is 2.11. The van der Waals surface area contributed by atoms with Gasteiger partial charge in [0.15, 0.2) is 5.13 Å². The van der Waals surface area contributed by atoms with Gasteiger partial charge in [-0.3, -0.25) is 10.1 Å². The minimum absolute atomic E-state index is 0.141. The number of benzene rings is 3. The van der Waals surface area contributed by atoms with Crippen LogP contribution in [0.3, 0.4) is 0 Å². The highest BCUT2D eigenvalue weighted by atomic mass is 32.1. The molecule has 0 radical (unpaired) electrons. The molecule has 4 rings (SSSR count). The lowest BCUT2D eigenvalue weighted by Gasteiger charge is -2.05. The van der Waals surface area contributed by atoms with Crippen LogP contribution in [0.1, 0.15) is 32.6 Å². The molecule has 4 heteroatoms. The van der Waals surface area contributed by atoms with Gasteiger partial charge in [0, 0.05) is 16.5 Å². The Labute approximate surface area is 175 Å². The lowest BCUT2D eigenvalue weighted by atomic mass is 10.0. The third-order valence-corrected chi connectivity index (χ3v) is 5.75. The van der Waals surface area contributed by atoms with Crippen LogP contribution in [0.25, 0.3) is 11.3 Å². The molecule has 4 aromatic rings. The third kappa shape index (κ3) is 4.61. The summed E-state index contributed by atoms with van der Waals surface area (Å²) in [5.41, 5.74) is 7.50. The molecular formula is C25H22N2OS. The van der Waals surface area contributed by atoms with Gasteiger partial charge >= 0.3 is 0 Å². The average Bonchev–Trinajstić information content (AvgIpc) is 3.20. The maximum absolute atomic E-state index is 12.6. The summed E-state index contributed by atoms with van der Waals surface area (Å²) in [5, 5.41) is 5.49. The Balaban J connectivity index is 1.43. The van der Waals surface area contributed by atoms with E-state index in [4.69, 9.17) is 0 Å². The van der Waals surface area contributed by atoms with E-state index in [2.05, 4.69) is 54.5 Å². The highest BCUT2D eigenvalue weighted by Crippen LogP contribution is 2.26. The second kappa shape index (κ2) is 8.41. The van der Waals surface area contributed by atoms with Gasteiger partial charge in [-0.15, -0.1) is 11.3 Å². The van der Waals surface area contributed by atoms with Crippen LogP contribution in [0.4, 0.5) is 5.13 Å². The van der Waals surface area contributed by atoms with Crippen molar-refractivity contribution in [2.45, 2.75) is 20.3 Å². The smallest absolute Gasteiger partial charge is 0.257 e. The Morgan fingerprint density at radius 3 is 2.34 bits per heavy atom. The van der Waals surface area contributed by atoms with Gasteiger partial charge in [-0.2, -0.15) is 0 Å². The summed E-state index contributed by atoms with van der Waals surface area (Å²) in [6.07, 6.45) is 0.856. The number of amides is 1. The zero-order valence-electron chi connectivity index (χ0n) is 16.5. The van der Waals surface area contributed by atoms with Gasteiger partial charge in [-0.05, 0) is 60.7 Å². The lowest BCUT2D eigenvalue weighted by Crippen LogP contribution is -2.11. The molecular weight excluding hydrogens is 376 g/mol. The number of aryl methyl sites for hydroxylation is 2. The predicted octanol–water partition coefficient (Wildman–Crippen LogP) is 6.27. The second-order valence-corrected chi connectivity index (χ2v) is 8.01. The van der Waals surface area contributed by atoms with E-state index in [0.717, 1.165) is 17.7 Å². The Kier molecular flexibility index (Phi) is 5.54. The van der Waals surface area contributed by atoms with E-state index in [-0.39, 0.29) is 5.91 Å². The number of nitrogens with zero attached hydrogens (tertiary/aromatic N) is 1. The Morgan fingerprint density at radius 2 is 1.62 bits per heavy atom. The van der Waals surface area contributed by atoms with Crippen molar-refractivity contribution in [2.24, 2.45) is 0 Å². The van der Waals surface area contributed by atoms with Gasteiger partial charge < -0.3 is 0 Å². The summed E-state index contributed by atoms with van der Waals surface area (Å²) in [7, 11) is 0. The molecule has 0 saturated heterocycles. The minimum Gasteiger partial charge on any atom is -0.298 e. The van der Waals surface area contributed by atoms with Crippen molar-refractivity contribution in [2.75, 3.05) is 5.32 Å². The van der Waals surface area contributed by atoms with Crippen LogP contribution in [0.15, 0.2) is 78.2 Å². The van der Waals surface area contributed by atoms with Crippen molar-refractivity contribution in [3.05, 3.63) is 106 Å². The molecule has 0 aliphatic rings. The molecule has 0 spiro atoms. The van der Waals surface area contributed by atoms with E-state index in [0.29, 0.717) is 10.7 Å². The SMILES string of the molecule is Cc1ccc(-c2csc(NC(=O)c3ccc(Cc4ccccc4)cc3)n2)cc1C. The number of aromatic nitrogens is 1. The summed E-state index contributed by atoms with van der Waals surface area (Å²) in [4.78, 5) is 17.2. The van der Waals surface area contributed by atoms with E-state index in [1.54, 1.807) is 0 Å². The maximum atomic E-state index is 12.6. The minimum atomic E-state index is -0.141. The zero-order chi connectivity index (χ0) is 20.2. The largest absolute Gasteiger partial charge is 0.298 e. The Morgan fingerprint density at radius 1 is 0.897 bits per heavy atom. The molecule has 3 aromatic carbocycles. The van der Waals surface area contributed by atoms with Gasteiger partial charge in [0.05, 0.1) is 5.69 Å². The van der Waals surface area contributed by atoms with Crippen LogP contribution in [0.5, 0.6) is 0 Å². The van der Waals surface area contributed by atoms with Crippen molar-refractivity contribution >= 4 is 22.4 Å². The van der Waals surface area contributed by atoms with Gasteiger partial charge in [0.1, 0.15) is 0 Å². The van der Waals surface area contributed by atoms with E-state index in [1.165, 1.54) is 33.6 Å². The van der Waals surface area contributed by atoms with Crippen molar-refractivity contribution < 1.29 is 4.79 Å². The van der Waals surface area contributed by atoms with Crippen LogP contribution < -0.4 is 5.32 Å². The molecule has 3 nitrogen and oxygen atoms in total. The molecule has 1 heterocycles.